The third-order valence-corrected chi connectivity index (χ3v) is 5.67. The standard InChI is InChI=1S/C19H21N3O3S/c23-18(21-7-4-14(5-8-21)15-6-11-26-13-15)20-16-2-1-3-17(12-16)22-9-10-25-19(22)24/h1-3,6,11-14H,4-5,7-10H2,(H,20,23). The fourth-order valence-corrected chi connectivity index (χ4v) is 4.25. The van der Waals surface area contributed by atoms with Gasteiger partial charge in [-0.1, -0.05) is 6.07 Å². The number of rotatable bonds is 3. The topological polar surface area (TPSA) is 61.9 Å². The molecular formula is C19H21N3O3S. The number of hydrogen-bond acceptors (Lipinski definition) is 4. The molecule has 2 saturated heterocycles. The Morgan fingerprint density at radius 3 is 2.73 bits per heavy atom. The van der Waals surface area contributed by atoms with Crippen LogP contribution in [0.1, 0.15) is 24.3 Å². The number of likely N-dealkylation sites (tertiary alicyclic amines) is 1. The zero-order valence-corrected chi connectivity index (χ0v) is 15.2. The first-order chi connectivity index (χ1) is 12.7. The van der Waals surface area contributed by atoms with E-state index in [9.17, 15) is 9.59 Å². The van der Waals surface area contributed by atoms with E-state index in [4.69, 9.17) is 4.74 Å². The van der Waals surface area contributed by atoms with Crippen LogP contribution in [0.2, 0.25) is 0 Å². The second kappa shape index (κ2) is 7.37. The highest BCUT2D eigenvalue weighted by molar-refractivity contribution is 7.07. The molecule has 0 bridgehead atoms. The molecule has 4 rings (SSSR count). The van der Waals surface area contributed by atoms with Crippen molar-refractivity contribution in [3.63, 3.8) is 0 Å². The van der Waals surface area contributed by atoms with Gasteiger partial charge in [0.1, 0.15) is 6.61 Å². The summed E-state index contributed by atoms with van der Waals surface area (Å²) < 4.78 is 4.97. The molecule has 3 amide bonds. The van der Waals surface area contributed by atoms with Gasteiger partial charge in [0.2, 0.25) is 0 Å². The second-order valence-electron chi connectivity index (χ2n) is 6.56. The maximum atomic E-state index is 12.6. The van der Waals surface area contributed by atoms with E-state index in [1.807, 2.05) is 29.2 Å². The number of nitrogens with one attached hydrogen (secondary N) is 1. The van der Waals surface area contributed by atoms with Gasteiger partial charge < -0.3 is 15.0 Å². The molecule has 136 valence electrons. The number of amides is 3. The van der Waals surface area contributed by atoms with Crippen LogP contribution in [0.5, 0.6) is 0 Å². The Kier molecular flexibility index (Phi) is 4.79. The molecule has 26 heavy (non-hydrogen) atoms. The Morgan fingerprint density at radius 1 is 1.19 bits per heavy atom. The van der Waals surface area contributed by atoms with Gasteiger partial charge in [-0.25, -0.2) is 9.59 Å². The summed E-state index contributed by atoms with van der Waals surface area (Å²) in [6.07, 6.45) is 1.64. The summed E-state index contributed by atoms with van der Waals surface area (Å²) in [5.41, 5.74) is 2.81. The van der Waals surface area contributed by atoms with Crippen molar-refractivity contribution in [3.05, 3.63) is 46.7 Å². The molecule has 0 saturated carbocycles. The maximum Gasteiger partial charge on any atom is 0.414 e. The highest BCUT2D eigenvalue weighted by Gasteiger charge is 2.25. The molecule has 1 aromatic carbocycles. The van der Waals surface area contributed by atoms with Crippen molar-refractivity contribution in [1.82, 2.24) is 4.90 Å². The van der Waals surface area contributed by atoms with E-state index >= 15 is 0 Å². The average Bonchev–Trinajstić information content (AvgIpc) is 3.34. The summed E-state index contributed by atoms with van der Waals surface area (Å²) in [7, 11) is 0. The fourth-order valence-electron chi connectivity index (χ4n) is 3.51. The largest absolute Gasteiger partial charge is 0.447 e. The van der Waals surface area contributed by atoms with Crippen LogP contribution >= 0.6 is 11.3 Å². The molecule has 0 aliphatic carbocycles. The number of benzene rings is 1. The van der Waals surface area contributed by atoms with E-state index in [1.165, 1.54) is 5.56 Å². The normalized spacial score (nSPS) is 18.1. The molecule has 0 unspecified atom stereocenters. The number of ether oxygens (including phenoxy) is 1. The lowest BCUT2D eigenvalue weighted by Crippen LogP contribution is -2.40. The minimum atomic E-state index is -0.344. The van der Waals surface area contributed by atoms with Crippen LogP contribution in [0.15, 0.2) is 41.1 Å². The minimum Gasteiger partial charge on any atom is -0.447 e. The van der Waals surface area contributed by atoms with Gasteiger partial charge in [0.05, 0.1) is 6.54 Å². The van der Waals surface area contributed by atoms with E-state index < -0.39 is 0 Å². The first kappa shape index (κ1) is 16.9. The Bertz CT molecular complexity index is 785. The molecule has 0 radical (unpaired) electrons. The van der Waals surface area contributed by atoms with Crippen LogP contribution in [-0.2, 0) is 4.74 Å². The van der Waals surface area contributed by atoms with Gasteiger partial charge in [0.25, 0.3) is 0 Å². The monoisotopic (exact) mass is 371 g/mol. The van der Waals surface area contributed by atoms with E-state index in [0.29, 0.717) is 24.8 Å². The number of nitrogens with zero attached hydrogens (tertiary/aromatic N) is 2. The van der Waals surface area contributed by atoms with Crippen molar-refractivity contribution in [1.29, 1.82) is 0 Å². The number of cyclic esters (lactones) is 1. The lowest BCUT2D eigenvalue weighted by atomic mass is 9.91. The number of urea groups is 1. The zero-order valence-electron chi connectivity index (χ0n) is 14.4. The van der Waals surface area contributed by atoms with Gasteiger partial charge in [0, 0.05) is 24.5 Å². The molecule has 0 atom stereocenters. The number of carbonyl (C=O) groups is 2. The van der Waals surface area contributed by atoms with Crippen LogP contribution in [0, 0.1) is 0 Å². The molecular weight excluding hydrogens is 350 g/mol. The summed E-state index contributed by atoms with van der Waals surface area (Å²) in [6, 6.07) is 9.41. The van der Waals surface area contributed by atoms with Crippen molar-refractivity contribution in [2.24, 2.45) is 0 Å². The SMILES string of the molecule is O=C(Nc1cccc(N2CCOC2=O)c1)N1CCC(c2ccsc2)CC1. The maximum absolute atomic E-state index is 12.6. The number of hydrogen-bond donors (Lipinski definition) is 1. The Hall–Kier alpha value is -2.54. The van der Waals surface area contributed by atoms with E-state index in [1.54, 1.807) is 16.2 Å². The Labute approximate surface area is 156 Å². The quantitative estimate of drug-likeness (QED) is 0.883. The summed E-state index contributed by atoms with van der Waals surface area (Å²) in [5.74, 6) is 0.551. The summed E-state index contributed by atoms with van der Waals surface area (Å²) in [4.78, 5) is 27.7. The van der Waals surface area contributed by atoms with Crippen LogP contribution in [0.3, 0.4) is 0 Å². The van der Waals surface area contributed by atoms with Gasteiger partial charge in [-0.05, 0) is 59.3 Å². The van der Waals surface area contributed by atoms with E-state index in [0.717, 1.165) is 31.6 Å². The van der Waals surface area contributed by atoms with Gasteiger partial charge in [-0.3, -0.25) is 4.90 Å². The van der Waals surface area contributed by atoms with Crippen LogP contribution in [-0.4, -0.2) is 43.3 Å². The number of carbonyl (C=O) groups excluding carboxylic acids is 2. The molecule has 2 fully saturated rings. The molecule has 7 heteroatoms. The molecule has 1 aromatic heterocycles. The Morgan fingerprint density at radius 2 is 2.04 bits per heavy atom. The zero-order chi connectivity index (χ0) is 17.9. The third kappa shape index (κ3) is 3.53. The van der Waals surface area contributed by atoms with Crippen molar-refractivity contribution < 1.29 is 14.3 Å². The van der Waals surface area contributed by atoms with E-state index in [-0.39, 0.29) is 12.1 Å². The Balaban J connectivity index is 1.36. The van der Waals surface area contributed by atoms with Gasteiger partial charge in [-0.2, -0.15) is 11.3 Å². The molecule has 6 nitrogen and oxygen atoms in total. The number of anilines is 2. The van der Waals surface area contributed by atoms with Crippen LogP contribution in [0.25, 0.3) is 0 Å². The van der Waals surface area contributed by atoms with Gasteiger partial charge >= 0.3 is 12.1 Å². The summed E-state index contributed by atoms with van der Waals surface area (Å²) >= 11 is 1.72. The van der Waals surface area contributed by atoms with Crippen LogP contribution in [0.4, 0.5) is 21.0 Å². The first-order valence-electron chi connectivity index (χ1n) is 8.83. The van der Waals surface area contributed by atoms with Crippen LogP contribution < -0.4 is 10.2 Å². The summed E-state index contributed by atoms with van der Waals surface area (Å²) in [6.45, 7) is 2.44. The molecule has 0 spiro atoms. The number of thiophene rings is 1. The van der Waals surface area contributed by atoms with Crippen molar-refractivity contribution in [3.8, 4) is 0 Å². The average molecular weight is 371 g/mol. The first-order valence-corrected chi connectivity index (χ1v) is 9.77. The predicted octanol–water partition coefficient (Wildman–Crippen LogP) is 4.12. The number of piperidine rings is 1. The molecule has 3 heterocycles. The lowest BCUT2D eigenvalue weighted by Gasteiger charge is -2.31. The lowest BCUT2D eigenvalue weighted by molar-refractivity contribution is 0.181. The van der Waals surface area contributed by atoms with Gasteiger partial charge in [-0.15, -0.1) is 0 Å². The van der Waals surface area contributed by atoms with Crippen molar-refractivity contribution in [2.75, 3.05) is 36.5 Å². The van der Waals surface area contributed by atoms with Crippen molar-refractivity contribution in [2.45, 2.75) is 18.8 Å². The van der Waals surface area contributed by atoms with Crippen molar-refractivity contribution >= 4 is 34.8 Å². The highest BCUT2D eigenvalue weighted by Crippen LogP contribution is 2.30. The molecule has 1 N–H and O–H groups in total. The fraction of sp³-hybridized carbons (Fsp3) is 0.368. The van der Waals surface area contributed by atoms with E-state index in [2.05, 4.69) is 22.1 Å². The summed E-state index contributed by atoms with van der Waals surface area (Å²) in [5, 5.41) is 7.26. The third-order valence-electron chi connectivity index (χ3n) is 4.97. The second-order valence-corrected chi connectivity index (χ2v) is 7.34. The molecule has 2 aliphatic rings. The minimum absolute atomic E-state index is 0.0880. The molecule has 2 aliphatic heterocycles. The predicted molar refractivity (Wildman–Crippen MR) is 102 cm³/mol. The molecule has 2 aromatic rings. The highest BCUT2D eigenvalue weighted by atomic mass is 32.1. The van der Waals surface area contributed by atoms with Gasteiger partial charge in [0.15, 0.2) is 0 Å². The smallest absolute Gasteiger partial charge is 0.414 e.